The van der Waals surface area contributed by atoms with Crippen LogP contribution in [0.2, 0.25) is 5.02 Å². The second-order valence-electron chi connectivity index (χ2n) is 10.2. The standard InChI is InChI=1S/C29H33ClN4O6/c1-5-29(3,4)32-28(37)27(20-8-6-7-9-21(20)30)34(16-19-10-11-22-23(15-19)39-17-38-22)26(36)13-12-25(35)31-24-14-18(2)40-33-24/h6-11,14-15,27H,5,12-13,16-17H2,1-4H3,(H,32,37)(H,31,33,35)/t27-/m1/s1. The molecule has 3 amide bonds. The van der Waals surface area contributed by atoms with Crippen molar-refractivity contribution < 1.29 is 28.4 Å². The summed E-state index contributed by atoms with van der Waals surface area (Å²) in [6.45, 7) is 7.67. The first-order valence-electron chi connectivity index (χ1n) is 13.0. The number of hydrogen-bond acceptors (Lipinski definition) is 7. The van der Waals surface area contributed by atoms with Crippen molar-refractivity contribution in [3.8, 4) is 11.5 Å². The molecule has 2 heterocycles. The number of aromatic nitrogens is 1. The lowest BCUT2D eigenvalue weighted by Crippen LogP contribution is -2.50. The fourth-order valence-electron chi connectivity index (χ4n) is 4.19. The molecule has 0 aliphatic carbocycles. The number of anilines is 1. The van der Waals surface area contributed by atoms with Gasteiger partial charge < -0.3 is 29.5 Å². The van der Waals surface area contributed by atoms with E-state index in [4.69, 9.17) is 25.6 Å². The number of rotatable bonds is 11. The first-order chi connectivity index (χ1) is 19.1. The molecule has 10 nitrogen and oxygen atoms in total. The lowest BCUT2D eigenvalue weighted by molar-refractivity contribution is -0.142. The maximum Gasteiger partial charge on any atom is 0.247 e. The molecule has 1 aliphatic heterocycles. The van der Waals surface area contributed by atoms with E-state index in [1.807, 2.05) is 26.8 Å². The summed E-state index contributed by atoms with van der Waals surface area (Å²) in [6, 6.07) is 12.8. The number of carbonyl (C=O) groups excluding carboxylic acids is 3. The molecule has 0 bridgehead atoms. The fourth-order valence-corrected chi connectivity index (χ4v) is 4.43. The van der Waals surface area contributed by atoms with E-state index < -0.39 is 23.4 Å². The summed E-state index contributed by atoms with van der Waals surface area (Å²) in [7, 11) is 0. The monoisotopic (exact) mass is 568 g/mol. The minimum atomic E-state index is -1.06. The first kappa shape index (κ1) is 28.9. The molecule has 1 atom stereocenters. The van der Waals surface area contributed by atoms with Gasteiger partial charge in [-0.15, -0.1) is 0 Å². The van der Waals surface area contributed by atoms with Crippen LogP contribution in [-0.4, -0.2) is 40.1 Å². The Labute approximate surface area is 237 Å². The van der Waals surface area contributed by atoms with Gasteiger partial charge in [0, 0.05) is 41.6 Å². The van der Waals surface area contributed by atoms with Gasteiger partial charge in [0.2, 0.25) is 24.5 Å². The Bertz CT molecular complexity index is 1390. The number of carbonyl (C=O) groups is 3. The third-order valence-corrected chi connectivity index (χ3v) is 7.02. The summed E-state index contributed by atoms with van der Waals surface area (Å²) in [5.41, 5.74) is 0.671. The van der Waals surface area contributed by atoms with Crippen molar-refractivity contribution in [2.45, 2.75) is 65.1 Å². The SMILES string of the molecule is CCC(C)(C)NC(=O)[C@@H](c1ccccc1Cl)N(Cc1ccc2c(c1)OCO2)C(=O)CCC(=O)Nc1cc(C)on1. The summed E-state index contributed by atoms with van der Waals surface area (Å²) in [4.78, 5) is 41.8. The number of amides is 3. The minimum Gasteiger partial charge on any atom is -0.454 e. The maximum absolute atomic E-state index is 13.9. The van der Waals surface area contributed by atoms with Crippen molar-refractivity contribution in [1.82, 2.24) is 15.4 Å². The van der Waals surface area contributed by atoms with Crippen LogP contribution in [0.3, 0.4) is 0 Å². The van der Waals surface area contributed by atoms with Gasteiger partial charge in [-0.05, 0) is 51.0 Å². The van der Waals surface area contributed by atoms with Gasteiger partial charge in [-0.2, -0.15) is 0 Å². The van der Waals surface area contributed by atoms with Gasteiger partial charge in [0.05, 0.1) is 0 Å². The van der Waals surface area contributed by atoms with Crippen molar-refractivity contribution in [1.29, 1.82) is 0 Å². The number of benzene rings is 2. The van der Waals surface area contributed by atoms with Crippen LogP contribution in [0, 0.1) is 6.92 Å². The molecule has 0 saturated heterocycles. The van der Waals surface area contributed by atoms with Gasteiger partial charge in [0.15, 0.2) is 17.3 Å². The van der Waals surface area contributed by atoms with Gasteiger partial charge in [-0.25, -0.2) is 0 Å². The van der Waals surface area contributed by atoms with E-state index in [0.29, 0.717) is 34.3 Å². The Morgan fingerprint density at radius 2 is 1.82 bits per heavy atom. The third kappa shape index (κ3) is 7.12. The Morgan fingerprint density at radius 3 is 2.52 bits per heavy atom. The molecule has 11 heteroatoms. The zero-order valence-electron chi connectivity index (χ0n) is 23.0. The molecule has 4 rings (SSSR count). The highest BCUT2D eigenvalue weighted by molar-refractivity contribution is 6.31. The molecule has 40 heavy (non-hydrogen) atoms. The van der Waals surface area contributed by atoms with Crippen LogP contribution in [0.5, 0.6) is 11.5 Å². The Hall–Kier alpha value is -4.05. The van der Waals surface area contributed by atoms with Crippen molar-refractivity contribution in [3.05, 3.63) is 70.4 Å². The van der Waals surface area contributed by atoms with E-state index in [1.54, 1.807) is 49.4 Å². The molecule has 1 aliphatic rings. The normalized spacial score (nSPS) is 13.0. The van der Waals surface area contributed by atoms with Crippen LogP contribution in [-0.2, 0) is 20.9 Å². The molecule has 3 aromatic rings. The molecular weight excluding hydrogens is 536 g/mol. The van der Waals surface area contributed by atoms with Crippen molar-refractivity contribution in [3.63, 3.8) is 0 Å². The molecule has 0 unspecified atom stereocenters. The quantitative estimate of drug-likeness (QED) is 0.327. The molecule has 0 saturated carbocycles. The van der Waals surface area contributed by atoms with Gasteiger partial charge in [0.1, 0.15) is 11.8 Å². The number of ether oxygens (including phenoxy) is 2. The molecule has 1 aromatic heterocycles. The van der Waals surface area contributed by atoms with E-state index in [1.165, 1.54) is 4.90 Å². The Morgan fingerprint density at radius 1 is 1.07 bits per heavy atom. The van der Waals surface area contributed by atoms with Crippen LogP contribution in [0.4, 0.5) is 5.82 Å². The van der Waals surface area contributed by atoms with Crippen LogP contribution < -0.4 is 20.1 Å². The zero-order valence-corrected chi connectivity index (χ0v) is 23.7. The van der Waals surface area contributed by atoms with Crippen molar-refractivity contribution in [2.75, 3.05) is 12.1 Å². The number of hydrogen-bond donors (Lipinski definition) is 2. The van der Waals surface area contributed by atoms with Crippen molar-refractivity contribution >= 4 is 35.1 Å². The summed E-state index contributed by atoms with van der Waals surface area (Å²) in [6.07, 6.45) is 0.393. The summed E-state index contributed by atoms with van der Waals surface area (Å²) >= 11 is 6.58. The van der Waals surface area contributed by atoms with Crippen LogP contribution in [0.15, 0.2) is 53.1 Å². The van der Waals surface area contributed by atoms with Gasteiger partial charge >= 0.3 is 0 Å². The highest BCUT2D eigenvalue weighted by atomic mass is 35.5. The number of nitrogens with one attached hydrogen (secondary N) is 2. The second-order valence-corrected chi connectivity index (χ2v) is 10.6. The number of fused-ring (bicyclic) bond motifs is 1. The second kappa shape index (κ2) is 12.4. The molecule has 0 fully saturated rings. The largest absolute Gasteiger partial charge is 0.454 e. The Balaban J connectivity index is 1.65. The fraction of sp³-hybridized carbons (Fsp3) is 0.379. The lowest BCUT2D eigenvalue weighted by Gasteiger charge is -2.35. The maximum atomic E-state index is 13.9. The number of nitrogens with zero attached hydrogens (tertiary/aromatic N) is 2. The first-order valence-corrected chi connectivity index (χ1v) is 13.4. The van der Waals surface area contributed by atoms with Gasteiger partial charge in [-0.1, -0.05) is 47.9 Å². The van der Waals surface area contributed by atoms with Gasteiger partial charge in [-0.3, -0.25) is 14.4 Å². The number of aryl methyl sites for hydroxylation is 1. The highest BCUT2D eigenvalue weighted by Gasteiger charge is 2.35. The predicted octanol–water partition coefficient (Wildman–Crippen LogP) is 5.16. The van der Waals surface area contributed by atoms with Crippen LogP contribution in [0.25, 0.3) is 0 Å². The Kier molecular flexibility index (Phi) is 8.99. The lowest BCUT2D eigenvalue weighted by atomic mass is 9.98. The van der Waals surface area contributed by atoms with E-state index in [2.05, 4.69) is 15.8 Å². The molecule has 212 valence electrons. The number of halogens is 1. The summed E-state index contributed by atoms with van der Waals surface area (Å²) < 4.78 is 15.9. The smallest absolute Gasteiger partial charge is 0.247 e. The third-order valence-electron chi connectivity index (χ3n) is 6.68. The molecule has 0 spiro atoms. The van der Waals surface area contributed by atoms with E-state index in [-0.39, 0.29) is 37.9 Å². The summed E-state index contributed by atoms with van der Waals surface area (Å²) in [5.74, 6) is 0.780. The van der Waals surface area contributed by atoms with E-state index in [9.17, 15) is 14.4 Å². The average Bonchev–Trinajstić information content (AvgIpc) is 3.55. The minimum absolute atomic E-state index is 0.0649. The highest BCUT2D eigenvalue weighted by Crippen LogP contribution is 2.35. The molecule has 2 N–H and O–H groups in total. The zero-order chi connectivity index (χ0) is 28.9. The average molecular weight is 569 g/mol. The summed E-state index contributed by atoms with van der Waals surface area (Å²) in [5, 5.41) is 9.78. The van der Waals surface area contributed by atoms with Crippen LogP contribution in [0.1, 0.15) is 63.0 Å². The van der Waals surface area contributed by atoms with Crippen LogP contribution >= 0.6 is 11.6 Å². The topological polar surface area (TPSA) is 123 Å². The molecular formula is C29H33ClN4O6. The predicted molar refractivity (Wildman–Crippen MR) is 149 cm³/mol. The van der Waals surface area contributed by atoms with E-state index >= 15 is 0 Å². The molecule has 2 aromatic carbocycles. The van der Waals surface area contributed by atoms with Crippen molar-refractivity contribution in [2.24, 2.45) is 0 Å². The van der Waals surface area contributed by atoms with E-state index in [0.717, 1.165) is 5.56 Å². The molecule has 0 radical (unpaired) electrons. The van der Waals surface area contributed by atoms with Gasteiger partial charge in [0.25, 0.3) is 0 Å².